The van der Waals surface area contributed by atoms with Crippen LogP contribution in [-0.4, -0.2) is 114 Å². The summed E-state index contributed by atoms with van der Waals surface area (Å²) in [7, 11) is -4.12. The maximum absolute atomic E-state index is 15.0. The van der Waals surface area contributed by atoms with Crippen LogP contribution in [0.2, 0.25) is 0 Å². The molecule has 368 valence electrons. The van der Waals surface area contributed by atoms with E-state index in [1.54, 1.807) is 23.1 Å². The van der Waals surface area contributed by atoms with Gasteiger partial charge >= 0.3 is 12.3 Å². The second-order valence-corrected chi connectivity index (χ2v) is 21.9. The fraction of sp³-hybridized carbons (Fsp3) is 0.660. The van der Waals surface area contributed by atoms with Crippen molar-refractivity contribution in [3.8, 4) is 11.5 Å². The third-order valence-corrected chi connectivity index (χ3v) is 16.0. The Bertz CT molecular complexity index is 2390. The quantitative estimate of drug-likeness (QED) is 0.125. The molecule has 1 aromatic heterocycles. The van der Waals surface area contributed by atoms with Gasteiger partial charge in [0.1, 0.15) is 29.5 Å². The molecule has 3 N–H and O–H groups in total. The molecule has 2 aliphatic carbocycles. The number of alkyl halides is 3. The Morgan fingerprint density at radius 1 is 1.06 bits per heavy atom. The van der Waals surface area contributed by atoms with Gasteiger partial charge in [0.05, 0.1) is 30.0 Å². The maximum atomic E-state index is 15.0. The first-order valence-electron chi connectivity index (χ1n) is 23.5. The maximum Gasteiger partial charge on any atom is 0.437 e. The molecule has 16 nitrogen and oxygen atoms in total. The van der Waals surface area contributed by atoms with Crippen molar-refractivity contribution in [1.82, 2.24) is 30.1 Å². The van der Waals surface area contributed by atoms with Gasteiger partial charge in [0.2, 0.25) is 27.7 Å². The molecule has 2 saturated carbocycles. The van der Waals surface area contributed by atoms with Crippen molar-refractivity contribution in [2.45, 2.75) is 140 Å². The fourth-order valence-corrected chi connectivity index (χ4v) is 10.6. The number of fused-ring (bicyclic) bond motifs is 3. The Labute approximate surface area is 389 Å². The van der Waals surface area contributed by atoms with Crippen molar-refractivity contribution in [1.29, 1.82) is 0 Å². The van der Waals surface area contributed by atoms with Gasteiger partial charge in [-0.05, 0) is 94.7 Å². The molecule has 7 rings (SSSR count). The van der Waals surface area contributed by atoms with Crippen molar-refractivity contribution in [3.05, 3.63) is 41.6 Å². The molecule has 4 atom stereocenters. The van der Waals surface area contributed by atoms with Crippen LogP contribution >= 0.6 is 0 Å². The van der Waals surface area contributed by atoms with Gasteiger partial charge in [-0.1, -0.05) is 45.8 Å². The Morgan fingerprint density at radius 3 is 2.45 bits per heavy atom. The van der Waals surface area contributed by atoms with E-state index in [0.717, 1.165) is 37.0 Å². The number of benzene rings is 1. The van der Waals surface area contributed by atoms with E-state index >= 15 is 0 Å². The number of hydrogen-bond acceptors (Lipinski definition) is 11. The predicted octanol–water partition coefficient (Wildman–Crippen LogP) is 5.95. The Balaban J connectivity index is 1.17. The van der Waals surface area contributed by atoms with Crippen LogP contribution in [0.5, 0.6) is 11.5 Å². The highest BCUT2D eigenvalue weighted by atomic mass is 32.2. The van der Waals surface area contributed by atoms with Crippen LogP contribution in [0.15, 0.2) is 30.4 Å². The summed E-state index contributed by atoms with van der Waals surface area (Å²) in [4.78, 5) is 74.0. The minimum absolute atomic E-state index is 0.00132. The van der Waals surface area contributed by atoms with Crippen molar-refractivity contribution in [2.24, 2.45) is 17.8 Å². The Kier molecular flexibility index (Phi) is 14.5. The summed E-state index contributed by atoms with van der Waals surface area (Å²) in [6.07, 6.45) is 3.47. The molecule has 5 amide bonds. The predicted molar refractivity (Wildman–Crippen MR) is 240 cm³/mol. The summed E-state index contributed by atoms with van der Waals surface area (Å²) in [6.45, 7) is 9.43. The highest BCUT2D eigenvalue weighted by molar-refractivity contribution is 7.91. The summed E-state index contributed by atoms with van der Waals surface area (Å²) < 4.78 is 90.2. The van der Waals surface area contributed by atoms with Crippen LogP contribution in [0.3, 0.4) is 0 Å². The largest absolute Gasteiger partial charge is 0.493 e. The normalized spacial score (nSPS) is 24.6. The number of rotatable bonds is 17. The van der Waals surface area contributed by atoms with E-state index in [-0.39, 0.29) is 67.7 Å². The summed E-state index contributed by atoms with van der Waals surface area (Å²) in [6, 6.07) is 3.25. The fourth-order valence-electron chi connectivity index (χ4n) is 9.26. The number of nitrogens with zero attached hydrogens (tertiary/aromatic N) is 3. The molecule has 4 fully saturated rings. The standard InChI is InChI=1S/C47H63F3N6O10S/c1-6-7-8-9-10-11-32-23-46(32,42(60)54-67(62,63)44(5)18-19-44)53-41(59)37-24-45(28-56(37)38(58)25-51-43(61)65-26-29(2)3)17-14-34-35-22-33(64-27-31-15-20-55(21-16-31)30(4)57)12-13-36(35)52-40(39(34)66-45)47(48,49)50/h10-13,22,29,31-32,37H,6-9,14-21,23-28H2,1-5H3,(H,51,61)(H,53,59)(H,54,60)/b11-10-/t32-,37+,45-,46-/m1/s1. The molecular weight excluding hydrogens is 898 g/mol. The number of allylic oxidation sites excluding steroid dienone is 1. The Hall–Kier alpha value is -5.14. The number of nitrogens with one attached hydrogen (secondary N) is 3. The summed E-state index contributed by atoms with van der Waals surface area (Å²) in [5, 5.41) is 5.56. The molecular formula is C47H63F3N6O10S. The lowest BCUT2D eigenvalue weighted by Crippen LogP contribution is -2.57. The minimum atomic E-state index is -4.96. The van der Waals surface area contributed by atoms with E-state index in [4.69, 9.17) is 14.2 Å². The molecule has 1 spiro atoms. The van der Waals surface area contributed by atoms with E-state index < -0.39 is 85.8 Å². The number of ether oxygens (including phenoxy) is 3. The number of unbranched alkanes of at least 4 members (excludes halogenated alkanes) is 3. The topological polar surface area (TPSA) is 203 Å². The van der Waals surface area contributed by atoms with E-state index in [0.29, 0.717) is 50.1 Å². The molecule has 20 heteroatoms. The minimum Gasteiger partial charge on any atom is -0.493 e. The number of hydrogen-bond donors (Lipinski definition) is 3. The molecule has 67 heavy (non-hydrogen) atoms. The highest BCUT2D eigenvalue weighted by Gasteiger charge is 2.64. The van der Waals surface area contributed by atoms with Crippen LogP contribution in [0, 0.1) is 17.8 Å². The zero-order valence-corrected chi connectivity index (χ0v) is 39.7. The first kappa shape index (κ1) is 49.8. The zero-order chi connectivity index (χ0) is 48.5. The monoisotopic (exact) mass is 960 g/mol. The van der Waals surface area contributed by atoms with Crippen LogP contribution in [0.1, 0.15) is 117 Å². The smallest absolute Gasteiger partial charge is 0.437 e. The van der Waals surface area contributed by atoms with Gasteiger partial charge < -0.3 is 34.6 Å². The number of piperidine rings is 1. The SMILES string of the molecule is CCCCC/C=C\[C@@H]1C[C@]1(NC(=O)[C@@H]1C[C@]2(CCc3c(c(C(F)(F)F)nc4ccc(OCC5CCN(C(C)=O)CC5)cc34)O2)CN1C(=O)CNC(=O)OCC(C)C)C(=O)NS(=O)(=O)C1(C)CC1. The van der Waals surface area contributed by atoms with Crippen molar-refractivity contribution >= 4 is 50.6 Å². The molecule has 2 aromatic rings. The van der Waals surface area contributed by atoms with Gasteiger partial charge in [-0.15, -0.1) is 0 Å². The summed E-state index contributed by atoms with van der Waals surface area (Å²) >= 11 is 0. The van der Waals surface area contributed by atoms with Gasteiger partial charge in [0.25, 0.3) is 5.91 Å². The van der Waals surface area contributed by atoms with Crippen molar-refractivity contribution in [2.75, 3.05) is 39.4 Å². The van der Waals surface area contributed by atoms with Crippen LogP contribution in [0.25, 0.3) is 10.9 Å². The number of amides is 5. The van der Waals surface area contributed by atoms with Gasteiger partial charge in [-0.3, -0.25) is 23.9 Å². The first-order valence-corrected chi connectivity index (χ1v) is 24.9. The highest BCUT2D eigenvalue weighted by Crippen LogP contribution is 2.50. The average Bonchev–Trinajstić information content (AvgIpc) is 4.17. The zero-order valence-electron chi connectivity index (χ0n) is 38.9. The van der Waals surface area contributed by atoms with E-state index in [1.807, 2.05) is 19.9 Å². The number of carbonyl (C=O) groups is 5. The number of aryl methyl sites for hydroxylation is 1. The molecule has 0 bridgehead atoms. The lowest BCUT2D eigenvalue weighted by Gasteiger charge is -2.37. The number of pyridine rings is 1. The number of alkyl carbamates (subject to hydrolysis) is 1. The number of likely N-dealkylation sites (tertiary alicyclic amines) is 2. The number of aromatic nitrogens is 1. The van der Waals surface area contributed by atoms with Gasteiger partial charge in [0.15, 0.2) is 11.4 Å². The molecule has 4 heterocycles. The van der Waals surface area contributed by atoms with Crippen LogP contribution < -0.4 is 24.8 Å². The molecule has 0 unspecified atom stereocenters. The molecule has 5 aliphatic rings. The summed E-state index contributed by atoms with van der Waals surface area (Å²) in [5.41, 5.74) is -4.21. The second-order valence-electron chi connectivity index (χ2n) is 19.7. The molecule has 2 saturated heterocycles. The molecule has 1 aromatic carbocycles. The van der Waals surface area contributed by atoms with E-state index in [9.17, 15) is 45.6 Å². The third-order valence-electron chi connectivity index (χ3n) is 13.9. The first-order chi connectivity index (χ1) is 31.6. The van der Waals surface area contributed by atoms with Gasteiger partial charge in [-0.25, -0.2) is 18.2 Å². The van der Waals surface area contributed by atoms with Crippen LogP contribution in [0.4, 0.5) is 18.0 Å². The van der Waals surface area contributed by atoms with E-state index in [1.165, 1.54) is 19.9 Å². The van der Waals surface area contributed by atoms with Crippen LogP contribution in [-0.2, 0) is 46.5 Å². The van der Waals surface area contributed by atoms with Crippen molar-refractivity contribution < 1.29 is 59.8 Å². The van der Waals surface area contributed by atoms with E-state index in [2.05, 4.69) is 27.3 Å². The third kappa shape index (κ3) is 11.1. The second kappa shape index (κ2) is 19.5. The number of sulfonamides is 1. The lowest BCUT2D eigenvalue weighted by molar-refractivity contribution is -0.144. The molecule has 0 radical (unpaired) electrons. The average molecular weight is 961 g/mol. The number of halogens is 3. The number of carbonyl (C=O) groups excluding carboxylic acids is 5. The van der Waals surface area contributed by atoms with Gasteiger partial charge in [-0.2, -0.15) is 13.2 Å². The lowest BCUT2D eigenvalue weighted by atomic mass is 9.87. The van der Waals surface area contributed by atoms with Gasteiger partial charge in [0, 0.05) is 43.3 Å². The summed E-state index contributed by atoms with van der Waals surface area (Å²) in [5.74, 6) is -3.03. The van der Waals surface area contributed by atoms with Crippen molar-refractivity contribution in [3.63, 3.8) is 0 Å². The Morgan fingerprint density at radius 2 is 1.79 bits per heavy atom. The molecule has 3 aliphatic heterocycles.